The van der Waals surface area contributed by atoms with Crippen LogP contribution in [-0.2, 0) is 13.0 Å². The van der Waals surface area contributed by atoms with Gasteiger partial charge in [0.1, 0.15) is 11.6 Å². The number of carbonyl (C=O) groups excluding carboxylic acids is 1. The van der Waals surface area contributed by atoms with Crippen molar-refractivity contribution in [2.24, 2.45) is 0 Å². The molecule has 2 aromatic heterocycles. The summed E-state index contributed by atoms with van der Waals surface area (Å²) in [6.07, 6.45) is 1.84. The second-order valence-corrected chi connectivity index (χ2v) is 7.52. The van der Waals surface area contributed by atoms with Crippen molar-refractivity contribution >= 4 is 22.8 Å². The van der Waals surface area contributed by atoms with Crippen molar-refractivity contribution in [2.75, 3.05) is 11.9 Å². The van der Waals surface area contributed by atoms with Crippen LogP contribution in [0, 0.1) is 18.6 Å². The third kappa shape index (κ3) is 3.39. The summed E-state index contributed by atoms with van der Waals surface area (Å²) in [5.41, 5.74) is 3.45. The minimum Gasteiger partial charge on any atom is -0.320 e. The van der Waals surface area contributed by atoms with E-state index in [1.807, 2.05) is 43.3 Å². The Kier molecular flexibility index (Phi) is 4.62. The molecule has 3 heterocycles. The Balaban J connectivity index is 1.39. The first kappa shape index (κ1) is 19.2. The van der Waals surface area contributed by atoms with Gasteiger partial charge in [-0.3, -0.25) is 0 Å². The number of halogens is 2. The van der Waals surface area contributed by atoms with Gasteiger partial charge in [-0.15, -0.1) is 0 Å². The molecular formula is C23H19F2N5O. The van der Waals surface area contributed by atoms with Crippen LogP contribution in [0.5, 0.6) is 0 Å². The Morgan fingerprint density at radius 2 is 1.81 bits per heavy atom. The number of aromatic nitrogens is 3. The first-order valence-corrected chi connectivity index (χ1v) is 9.94. The fourth-order valence-electron chi connectivity index (χ4n) is 3.93. The number of nitrogens with one attached hydrogen (secondary N) is 1. The molecular weight excluding hydrogens is 400 g/mol. The van der Waals surface area contributed by atoms with Crippen molar-refractivity contribution in [3.63, 3.8) is 0 Å². The zero-order valence-electron chi connectivity index (χ0n) is 16.8. The van der Waals surface area contributed by atoms with Crippen LogP contribution in [0.4, 0.5) is 19.3 Å². The Morgan fingerprint density at radius 3 is 2.58 bits per heavy atom. The minimum absolute atomic E-state index is 0.0192. The number of aryl methyl sites for hydroxylation is 1. The number of hydrogen-bond donors (Lipinski definition) is 1. The number of urea groups is 1. The number of para-hydroxylation sites is 1. The normalized spacial score (nSPS) is 13.3. The zero-order valence-corrected chi connectivity index (χ0v) is 16.8. The number of hydrogen-bond acceptors (Lipinski definition) is 3. The highest BCUT2D eigenvalue weighted by molar-refractivity contribution is 5.92. The van der Waals surface area contributed by atoms with Crippen LogP contribution in [0.1, 0.15) is 16.8 Å². The van der Waals surface area contributed by atoms with Crippen molar-refractivity contribution in [1.82, 2.24) is 19.7 Å². The molecule has 1 aliphatic heterocycles. The molecule has 0 saturated carbocycles. The molecule has 2 amide bonds. The van der Waals surface area contributed by atoms with Gasteiger partial charge in [0.25, 0.3) is 0 Å². The summed E-state index contributed by atoms with van der Waals surface area (Å²) in [7, 11) is 0. The van der Waals surface area contributed by atoms with E-state index in [1.165, 1.54) is 4.90 Å². The van der Waals surface area contributed by atoms with E-state index in [-0.39, 0.29) is 24.6 Å². The molecule has 0 spiro atoms. The molecule has 8 heteroatoms. The van der Waals surface area contributed by atoms with Crippen LogP contribution < -0.4 is 5.32 Å². The number of fused-ring (bicyclic) bond motifs is 2. The van der Waals surface area contributed by atoms with E-state index in [0.717, 1.165) is 28.9 Å². The molecule has 5 rings (SSSR count). The third-order valence-electron chi connectivity index (χ3n) is 5.54. The van der Waals surface area contributed by atoms with Gasteiger partial charge < -0.3 is 10.2 Å². The number of carbonyl (C=O) groups is 1. The zero-order chi connectivity index (χ0) is 21.5. The summed E-state index contributed by atoms with van der Waals surface area (Å²) in [6, 6.07) is 13.3. The van der Waals surface area contributed by atoms with Crippen LogP contribution in [0.25, 0.3) is 16.7 Å². The summed E-state index contributed by atoms with van der Waals surface area (Å²) < 4.78 is 29.8. The van der Waals surface area contributed by atoms with Gasteiger partial charge in [0.15, 0.2) is 5.65 Å². The fourth-order valence-corrected chi connectivity index (χ4v) is 3.93. The summed E-state index contributed by atoms with van der Waals surface area (Å²) in [6.45, 7) is 2.21. The Bertz CT molecular complexity index is 1300. The van der Waals surface area contributed by atoms with Crippen molar-refractivity contribution in [3.05, 3.63) is 83.2 Å². The Hall–Kier alpha value is -3.81. The maximum atomic E-state index is 14.1. The molecule has 0 unspecified atom stereocenters. The molecule has 1 aliphatic rings. The lowest BCUT2D eigenvalue weighted by Crippen LogP contribution is -2.39. The first-order chi connectivity index (χ1) is 15.0. The average molecular weight is 419 g/mol. The van der Waals surface area contributed by atoms with Gasteiger partial charge in [-0.1, -0.05) is 18.2 Å². The number of nitrogens with zero attached hydrogens (tertiary/aromatic N) is 4. The van der Waals surface area contributed by atoms with Crippen LogP contribution in [0.15, 0.2) is 54.7 Å². The molecule has 4 aromatic rings. The third-order valence-corrected chi connectivity index (χ3v) is 5.54. The molecule has 0 fully saturated rings. The monoisotopic (exact) mass is 419 g/mol. The fraction of sp³-hybridized carbons (Fsp3) is 0.174. The van der Waals surface area contributed by atoms with Crippen LogP contribution in [0.3, 0.4) is 0 Å². The SMILES string of the molecule is Cc1nn(-c2ccccc2)c2ncc(NC(=O)N3CCc4c(F)ccc(F)c4C3)cc12. The number of rotatable bonds is 2. The molecule has 0 radical (unpaired) electrons. The van der Waals surface area contributed by atoms with Crippen LogP contribution in [0.2, 0.25) is 0 Å². The van der Waals surface area contributed by atoms with Crippen molar-refractivity contribution < 1.29 is 13.6 Å². The topological polar surface area (TPSA) is 63.1 Å². The molecule has 0 saturated heterocycles. The standard InChI is InChI=1S/C23H19F2N5O/c1-14-18-11-15(12-26-22(18)30(28-14)16-5-3-2-4-6-16)27-23(31)29-10-9-17-19(13-29)21(25)8-7-20(17)24/h2-8,11-12H,9-10,13H2,1H3,(H,27,31). The Morgan fingerprint density at radius 1 is 1.06 bits per heavy atom. The second kappa shape index (κ2) is 7.46. The summed E-state index contributed by atoms with van der Waals surface area (Å²) in [5.74, 6) is -0.932. The molecule has 0 aliphatic carbocycles. The van der Waals surface area contributed by atoms with E-state index in [0.29, 0.717) is 23.4 Å². The van der Waals surface area contributed by atoms with Gasteiger partial charge in [0.2, 0.25) is 0 Å². The maximum absolute atomic E-state index is 14.1. The lowest BCUT2D eigenvalue weighted by Gasteiger charge is -2.29. The number of amides is 2. The van der Waals surface area contributed by atoms with E-state index in [4.69, 9.17) is 0 Å². The van der Waals surface area contributed by atoms with Crippen molar-refractivity contribution in [1.29, 1.82) is 0 Å². The molecule has 0 bridgehead atoms. The van der Waals surface area contributed by atoms with E-state index in [1.54, 1.807) is 10.9 Å². The highest BCUT2D eigenvalue weighted by atomic mass is 19.1. The molecule has 0 atom stereocenters. The average Bonchev–Trinajstić information content (AvgIpc) is 3.12. The van der Waals surface area contributed by atoms with E-state index < -0.39 is 11.6 Å². The minimum atomic E-state index is -0.499. The predicted molar refractivity (Wildman–Crippen MR) is 113 cm³/mol. The van der Waals surface area contributed by atoms with Gasteiger partial charge >= 0.3 is 6.03 Å². The van der Waals surface area contributed by atoms with Crippen LogP contribution >= 0.6 is 0 Å². The van der Waals surface area contributed by atoms with E-state index in [9.17, 15) is 13.6 Å². The number of benzene rings is 2. The summed E-state index contributed by atoms with van der Waals surface area (Å²) >= 11 is 0. The van der Waals surface area contributed by atoms with Gasteiger partial charge in [-0.2, -0.15) is 5.10 Å². The highest BCUT2D eigenvalue weighted by Gasteiger charge is 2.25. The van der Waals surface area contributed by atoms with Gasteiger partial charge in [0.05, 0.1) is 29.8 Å². The summed E-state index contributed by atoms with van der Waals surface area (Å²) in [4.78, 5) is 18.7. The quantitative estimate of drug-likeness (QED) is 0.517. The van der Waals surface area contributed by atoms with Crippen LogP contribution in [-0.4, -0.2) is 32.2 Å². The molecule has 1 N–H and O–H groups in total. The van der Waals surface area contributed by atoms with Gasteiger partial charge in [0, 0.05) is 17.5 Å². The smallest absolute Gasteiger partial charge is 0.320 e. The highest BCUT2D eigenvalue weighted by Crippen LogP contribution is 2.26. The lowest BCUT2D eigenvalue weighted by molar-refractivity contribution is 0.204. The maximum Gasteiger partial charge on any atom is 0.322 e. The number of pyridine rings is 1. The second-order valence-electron chi connectivity index (χ2n) is 7.52. The van der Waals surface area contributed by atoms with Gasteiger partial charge in [-0.05, 0) is 49.2 Å². The van der Waals surface area contributed by atoms with E-state index >= 15 is 0 Å². The largest absolute Gasteiger partial charge is 0.322 e. The molecule has 6 nitrogen and oxygen atoms in total. The molecule has 156 valence electrons. The van der Waals surface area contributed by atoms with Gasteiger partial charge in [-0.25, -0.2) is 23.2 Å². The Labute approximate surface area is 177 Å². The lowest BCUT2D eigenvalue weighted by atomic mass is 9.99. The molecule has 31 heavy (non-hydrogen) atoms. The van der Waals surface area contributed by atoms with Crippen molar-refractivity contribution in [3.8, 4) is 5.69 Å². The van der Waals surface area contributed by atoms with E-state index in [2.05, 4.69) is 15.4 Å². The molecule has 2 aromatic carbocycles. The summed E-state index contributed by atoms with van der Waals surface area (Å²) in [5, 5.41) is 8.20. The predicted octanol–water partition coefficient (Wildman–Crippen LogP) is 4.60. The van der Waals surface area contributed by atoms with Crippen molar-refractivity contribution in [2.45, 2.75) is 19.9 Å². The first-order valence-electron chi connectivity index (χ1n) is 9.94. The number of anilines is 1.